The summed E-state index contributed by atoms with van der Waals surface area (Å²) in [7, 11) is 1.23. The molecule has 0 aromatic carbocycles. The number of carbonyl (C=O) groups excluding carboxylic acids is 2. The number of esters is 2. The van der Waals surface area contributed by atoms with Crippen molar-refractivity contribution in [3.8, 4) is 0 Å². The third-order valence-electron chi connectivity index (χ3n) is 1.19. The van der Waals surface area contributed by atoms with E-state index in [2.05, 4.69) is 9.47 Å². The molecular formula is C7H15NO4. The Morgan fingerprint density at radius 3 is 2.17 bits per heavy atom. The van der Waals surface area contributed by atoms with Gasteiger partial charge in [0.2, 0.25) is 0 Å². The van der Waals surface area contributed by atoms with E-state index in [-0.39, 0.29) is 12.8 Å². The fourth-order valence-electron chi connectivity index (χ4n) is 0.540. The zero-order valence-electron chi connectivity index (χ0n) is 7.62. The van der Waals surface area contributed by atoms with Crippen LogP contribution >= 0.6 is 0 Å². The average Bonchev–Trinajstić information content (AvgIpc) is 2.02. The van der Waals surface area contributed by atoms with Gasteiger partial charge in [-0.15, -0.1) is 0 Å². The van der Waals surface area contributed by atoms with Gasteiger partial charge in [0.15, 0.2) is 5.92 Å². The van der Waals surface area contributed by atoms with Gasteiger partial charge in [-0.05, 0) is 13.8 Å². The summed E-state index contributed by atoms with van der Waals surface area (Å²) in [6, 6.07) is 0. The summed E-state index contributed by atoms with van der Waals surface area (Å²) < 4.78 is 8.93. The van der Waals surface area contributed by atoms with Gasteiger partial charge in [-0.1, -0.05) is 0 Å². The molecule has 0 aromatic heterocycles. The molecule has 0 aliphatic rings. The van der Waals surface area contributed by atoms with Crippen LogP contribution in [0, 0.1) is 5.92 Å². The van der Waals surface area contributed by atoms with Gasteiger partial charge in [-0.3, -0.25) is 9.59 Å². The third kappa shape index (κ3) is 3.92. The SMILES string of the molecule is CCOC(=O)C(C)C(=O)OC.N. The van der Waals surface area contributed by atoms with E-state index in [4.69, 9.17) is 0 Å². The molecule has 0 aromatic rings. The fraction of sp³-hybridized carbons (Fsp3) is 0.714. The van der Waals surface area contributed by atoms with Crippen LogP contribution in [0.2, 0.25) is 0 Å². The maximum atomic E-state index is 10.8. The summed E-state index contributed by atoms with van der Waals surface area (Å²) in [6.45, 7) is 3.41. The molecule has 0 spiro atoms. The molecule has 0 saturated carbocycles. The molecule has 12 heavy (non-hydrogen) atoms. The van der Waals surface area contributed by atoms with Gasteiger partial charge in [0.25, 0.3) is 0 Å². The van der Waals surface area contributed by atoms with Gasteiger partial charge < -0.3 is 15.6 Å². The van der Waals surface area contributed by atoms with Gasteiger partial charge >= 0.3 is 11.9 Å². The first-order valence-corrected chi connectivity index (χ1v) is 3.38. The van der Waals surface area contributed by atoms with Crippen LogP contribution < -0.4 is 6.15 Å². The van der Waals surface area contributed by atoms with Crippen molar-refractivity contribution in [1.29, 1.82) is 0 Å². The standard InChI is InChI=1S/C7H12O4.H3N/c1-4-11-7(9)5(2)6(8)10-3;/h5H,4H2,1-3H3;1H3. The Labute approximate surface area is 71.6 Å². The van der Waals surface area contributed by atoms with Crippen LogP contribution in [0.4, 0.5) is 0 Å². The van der Waals surface area contributed by atoms with Gasteiger partial charge in [0.05, 0.1) is 13.7 Å². The highest BCUT2D eigenvalue weighted by molar-refractivity contribution is 5.94. The minimum absolute atomic E-state index is 0. The quantitative estimate of drug-likeness (QED) is 0.501. The zero-order chi connectivity index (χ0) is 8.85. The summed E-state index contributed by atoms with van der Waals surface area (Å²) in [5.41, 5.74) is 0. The Kier molecular flexibility index (Phi) is 7.42. The number of ether oxygens (including phenoxy) is 2. The first-order valence-electron chi connectivity index (χ1n) is 3.38. The lowest BCUT2D eigenvalue weighted by Gasteiger charge is -2.06. The van der Waals surface area contributed by atoms with E-state index in [1.807, 2.05) is 0 Å². The van der Waals surface area contributed by atoms with Crippen molar-refractivity contribution in [2.45, 2.75) is 13.8 Å². The average molecular weight is 177 g/mol. The maximum Gasteiger partial charge on any atom is 0.320 e. The zero-order valence-corrected chi connectivity index (χ0v) is 7.62. The largest absolute Gasteiger partial charge is 0.468 e. The van der Waals surface area contributed by atoms with Crippen molar-refractivity contribution >= 4 is 11.9 Å². The normalized spacial score (nSPS) is 10.9. The first kappa shape index (κ1) is 13.5. The van der Waals surface area contributed by atoms with E-state index in [9.17, 15) is 9.59 Å². The van der Waals surface area contributed by atoms with E-state index >= 15 is 0 Å². The van der Waals surface area contributed by atoms with Crippen LogP contribution in [0.1, 0.15) is 13.8 Å². The Hall–Kier alpha value is -1.10. The molecule has 5 nitrogen and oxygen atoms in total. The molecular weight excluding hydrogens is 162 g/mol. The molecule has 0 fully saturated rings. The second-order valence-electron chi connectivity index (χ2n) is 2.00. The third-order valence-corrected chi connectivity index (χ3v) is 1.19. The summed E-state index contributed by atoms with van der Waals surface area (Å²) in [4.78, 5) is 21.5. The molecule has 3 N–H and O–H groups in total. The van der Waals surface area contributed by atoms with E-state index < -0.39 is 17.9 Å². The highest BCUT2D eigenvalue weighted by atomic mass is 16.5. The second kappa shape index (κ2) is 6.60. The predicted octanol–water partition coefficient (Wildman–Crippen LogP) is 0.521. The number of carbonyl (C=O) groups is 2. The van der Waals surface area contributed by atoms with E-state index in [0.717, 1.165) is 0 Å². The maximum absolute atomic E-state index is 10.8. The first-order chi connectivity index (χ1) is 5.13. The highest BCUT2D eigenvalue weighted by Gasteiger charge is 2.22. The lowest BCUT2D eigenvalue weighted by atomic mass is 10.2. The van der Waals surface area contributed by atoms with Crippen LogP contribution in [0.5, 0.6) is 0 Å². The smallest absolute Gasteiger partial charge is 0.320 e. The molecule has 72 valence electrons. The Bertz CT molecular complexity index is 157. The minimum atomic E-state index is -0.819. The summed E-state index contributed by atoms with van der Waals surface area (Å²) in [5, 5.41) is 0. The molecule has 0 bridgehead atoms. The van der Waals surface area contributed by atoms with Crippen molar-refractivity contribution in [2.75, 3.05) is 13.7 Å². The lowest BCUT2D eigenvalue weighted by molar-refractivity contribution is -0.159. The fourth-order valence-corrected chi connectivity index (χ4v) is 0.540. The molecule has 0 heterocycles. The van der Waals surface area contributed by atoms with E-state index in [1.54, 1.807) is 6.92 Å². The van der Waals surface area contributed by atoms with Crippen LogP contribution in [-0.4, -0.2) is 25.7 Å². The van der Waals surface area contributed by atoms with Crippen molar-refractivity contribution < 1.29 is 19.1 Å². The van der Waals surface area contributed by atoms with Gasteiger partial charge in [-0.2, -0.15) is 0 Å². The van der Waals surface area contributed by atoms with Crippen LogP contribution in [0.15, 0.2) is 0 Å². The predicted molar refractivity (Wildman–Crippen MR) is 42.8 cm³/mol. The Morgan fingerprint density at radius 2 is 1.83 bits per heavy atom. The van der Waals surface area contributed by atoms with Crippen LogP contribution in [0.25, 0.3) is 0 Å². The highest BCUT2D eigenvalue weighted by Crippen LogP contribution is 2.00. The summed E-state index contributed by atoms with van der Waals surface area (Å²) in [5.74, 6) is -1.93. The van der Waals surface area contributed by atoms with E-state index in [1.165, 1.54) is 14.0 Å². The Morgan fingerprint density at radius 1 is 1.33 bits per heavy atom. The summed E-state index contributed by atoms with van der Waals surface area (Å²) >= 11 is 0. The molecule has 0 aliphatic heterocycles. The molecule has 1 atom stereocenters. The molecule has 5 heteroatoms. The number of hydrogen-bond acceptors (Lipinski definition) is 5. The molecule has 0 aliphatic carbocycles. The van der Waals surface area contributed by atoms with Crippen molar-refractivity contribution in [2.24, 2.45) is 5.92 Å². The van der Waals surface area contributed by atoms with E-state index in [0.29, 0.717) is 0 Å². The molecule has 1 unspecified atom stereocenters. The van der Waals surface area contributed by atoms with Crippen LogP contribution in [-0.2, 0) is 19.1 Å². The molecule has 0 rings (SSSR count). The minimum Gasteiger partial charge on any atom is -0.468 e. The van der Waals surface area contributed by atoms with Crippen molar-refractivity contribution in [1.82, 2.24) is 6.15 Å². The number of hydrogen-bond donors (Lipinski definition) is 1. The summed E-state index contributed by atoms with van der Waals surface area (Å²) in [6.07, 6.45) is 0. The topological polar surface area (TPSA) is 87.6 Å². The molecule has 0 amide bonds. The van der Waals surface area contributed by atoms with Crippen molar-refractivity contribution in [3.05, 3.63) is 0 Å². The molecule has 0 saturated heterocycles. The number of rotatable bonds is 3. The van der Waals surface area contributed by atoms with Crippen molar-refractivity contribution in [3.63, 3.8) is 0 Å². The molecule has 0 radical (unpaired) electrons. The van der Waals surface area contributed by atoms with Gasteiger partial charge in [0, 0.05) is 0 Å². The Balaban J connectivity index is 0. The number of methoxy groups -OCH3 is 1. The second-order valence-corrected chi connectivity index (χ2v) is 2.00. The van der Waals surface area contributed by atoms with Gasteiger partial charge in [0.1, 0.15) is 0 Å². The van der Waals surface area contributed by atoms with Crippen LogP contribution in [0.3, 0.4) is 0 Å². The lowest BCUT2D eigenvalue weighted by Crippen LogP contribution is -2.24. The monoisotopic (exact) mass is 177 g/mol. The van der Waals surface area contributed by atoms with Gasteiger partial charge in [-0.25, -0.2) is 0 Å².